The zero-order chi connectivity index (χ0) is 20.6. The number of hydrogen-bond acceptors (Lipinski definition) is 7. The van der Waals surface area contributed by atoms with Crippen molar-refractivity contribution in [2.24, 2.45) is 5.14 Å². The van der Waals surface area contributed by atoms with Crippen LogP contribution in [-0.4, -0.2) is 39.1 Å². The number of nitrogens with one attached hydrogen (secondary N) is 1. The first-order chi connectivity index (χ1) is 13.8. The summed E-state index contributed by atoms with van der Waals surface area (Å²) in [6, 6.07) is 14.0. The summed E-state index contributed by atoms with van der Waals surface area (Å²) < 4.78 is 24.3. The van der Waals surface area contributed by atoms with Gasteiger partial charge in [-0.25, -0.2) is 23.3 Å². The smallest absolute Gasteiger partial charge is 0.335 e. The van der Waals surface area contributed by atoms with Crippen molar-refractivity contribution in [2.45, 2.75) is 4.90 Å². The molecular weight excluding hydrogens is 396 g/mol. The molecule has 0 atom stereocenters. The van der Waals surface area contributed by atoms with Gasteiger partial charge in [0.15, 0.2) is 0 Å². The van der Waals surface area contributed by atoms with Gasteiger partial charge < -0.3 is 10.4 Å². The Morgan fingerprint density at radius 3 is 2.55 bits per heavy atom. The van der Waals surface area contributed by atoms with Gasteiger partial charge in [0.2, 0.25) is 10.0 Å². The van der Waals surface area contributed by atoms with Gasteiger partial charge in [0, 0.05) is 17.3 Å². The lowest BCUT2D eigenvalue weighted by molar-refractivity contribution is 0.0697. The van der Waals surface area contributed by atoms with E-state index in [-0.39, 0.29) is 10.5 Å². The first-order valence-electron chi connectivity index (χ1n) is 8.26. The number of benzene rings is 2. The maximum absolute atomic E-state index is 11.4. The minimum atomic E-state index is -3.79. The highest BCUT2D eigenvalue weighted by atomic mass is 32.2. The Morgan fingerprint density at radius 1 is 1.10 bits per heavy atom. The molecule has 2 aromatic heterocycles. The van der Waals surface area contributed by atoms with Gasteiger partial charge in [-0.15, -0.1) is 0 Å². The van der Waals surface area contributed by atoms with Crippen LogP contribution in [0.5, 0.6) is 0 Å². The molecule has 0 unspecified atom stereocenters. The topological polar surface area (TPSA) is 153 Å². The molecule has 0 amide bonds. The molecule has 4 aromatic rings. The number of primary sulfonamides is 1. The molecule has 146 valence electrons. The van der Waals surface area contributed by atoms with Crippen LogP contribution in [0.3, 0.4) is 0 Å². The first kappa shape index (κ1) is 18.5. The molecule has 4 N–H and O–H groups in total. The van der Waals surface area contributed by atoms with Crippen molar-refractivity contribution < 1.29 is 18.3 Å². The highest BCUT2D eigenvalue weighted by molar-refractivity contribution is 7.89. The lowest BCUT2D eigenvalue weighted by Crippen LogP contribution is -2.11. The van der Waals surface area contributed by atoms with E-state index in [9.17, 15) is 18.3 Å². The summed E-state index contributed by atoms with van der Waals surface area (Å²) in [5.41, 5.74) is 1.82. The third-order valence-electron chi connectivity index (χ3n) is 4.11. The minimum absolute atomic E-state index is 0.00476. The first-order valence-corrected chi connectivity index (χ1v) is 9.80. The molecule has 0 fully saturated rings. The summed E-state index contributed by atoms with van der Waals surface area (Å²) in [7, 11) is -3.79. The van der Waals surface area contributed by atoms with Crippen LogP contribution in [0.25, 0.3) is 17.0 Å². The van der Waals surface area contributed by atoms with Crippen LogP contribution in [0.15, 0.2) is 65.8 Å². The molecule has 0 saturated heterocycles. The largest absolute Gasteiger partial charge is 0.478 e. The number of aromatic nitrogens is 4. The van der Waals surface area contributed by atoms with Crippen molar-refractivity contribution in [3.8, 4) is 11.3 Å². The second-order valence-corrected chi connectivity index (χ2v) is 7.64. The van der Waals surface area contributed by atoms with Crippen LogP contribution in [-0.2, 0) is 10.0 Å². The van der Waals surface area contributed by atoms with E-state index in [0.717, 1.165) is 0 Å². The standard InChI is InChI=1S/C18H14N6O4S/c19-29(27,28)14-6-4-13(5-7-14)22-16-9-15(23-18-20-10-21-24(16)18)11-2-1-3-12(8-11)17(25)26/h1-10,22H,(H,25,26)(H2,19,27,28). The number of hydrogen-bond donors (Lipinski definition) is 3. The summed E-state index contributed by atoms with van der Waals surface area (Å²) in [6.45, 7) is 0. The molecule has 2 aromatic carbocycles. The van der Waals surface area contributed by atoms with E-state index in [1.807, 2.05) is 0 Å². The fourth-order valence-corrected chi connectivity index (χ4v) is 3.25. The number of rotatable bonds is 5. The molecule has 4 rings (SSSR count). The highest BCUT2D eigenvalue weighted by Crippen LogP contribution is 2.25. The number of carboxylic acids is 1. The molecule has 11 heteroatoms. The summed E-state index contributed by atoms with van der Waals surface area (Å²) in [5, 5.41) is 21.6. The molecular formula is C18H14N6O4S. The summed E-state index contributed by atoms with van der Waals surface area (Å²) >= 11 is 0. The Bertz CT molecular complexity index is 1330. The SMILES string of the molecule is NS(=O)(=O)c1ccc(Nc2cc(-c3cccc(C(=O)O)c3)nc3ncnn23)cc1. The van der Waals surface area contributed by atoms with Gasteiger partial charge in [0.05, 0.1) is 16.2 Å². The van der Waals surface area contributed by atoms with Gasteiger partial charge in [-0.3, -0.25) is 0 Å². The fraction of sp³-hybridized carbons (Fsp3) is 0. The van der Waals surface area contributed by atoms with Gasteiger partial charge in [-0.1, -0.05) is 12.1 Å². The van der Waals surface area contributed by atoms with Gasteiger partial charge >= 0.3 is 5.97 Å². The van der Waals surface area contributed by atoms with Crippen LogP contribution in [0.4, 0.5) is 11.5 Å². The molecule has 0 aliphatic heterocycles. The molecule has 10 nitrogen and oxygen atoms in total. The van der Waals surface area contributed by atoms with Crippen molar-refractivity contribution in [1.29, 1.82) is 0 Å². The van der Waals surface area contributed by atoms with E-state index in [1.54, 1.807) is 30.3 Å². The molecule has 0 spiro atoms. The number of nitrogens with two attached hydrogens (primary N) is 1. The van der Waals surface area contributed by atoms with E-state index in [4.69, 9.17) is 5.14 Å². The normalized spacial score (nSPS) is 11.5. The van der Waals surface area contributed by atoms with Crippen molar-refractivity contribution in [1.82, 2.24) is 19.6 Å². The van der Waals surface area contributed by atoms with E-state index >= 15 is 0 Å². The predicted molar refractivity (Wildman–Crippen MR) is 104 cm³/mol. The number of sulfonamides is 1. The van der Waals surface area contributed by atoms with Crippen LogP contribution >= 0.6 is 0 Å². The average molecular weight is 410 g/mol. The van der Waals surface area contributed by atoms with E-state index in [1.165, 1.54) is 35.1 Å². The van der Waals surface area contributed by atoms with E-state index < -0.39 is 16.0 Å². The van der Waals surface area contributed by atoms with Crippen LogP contribution in [0, 0.1) is 0 Å². The van der Waals surface area contributed by atoms with Gasteiger partial charge in [0.1, 0.15) is 12.1 Å². The quantitative estimate of drug-likeness (QED) is 0.451. The molecule has 0 bridgehead atoms. The Balaban J connectivity index is 1.76. The van der Waals surface area contributed by atoms with Crippen LogP contribution < -0.4 is 10.5 Å². The molecule has 0 aliphatic carbocycles. The summed E-state index contributed by atoms with van der Waals surface area (Å²) in [4.78, 5) is 19.8. The number of nitrogens with zero attached hydrogens (tertiary/aromatic N) is 4. The second-order valence-electron chi connectivity index (χ2n) is 6.08. The number of aromatic carboxylic acids is 1. The third-order valence-corrected chi connectivity index (χ3v) is 5.04. The average Bonchev–Trinajstić information content (AvgIpc) is 3.17. The lowest BCUT2D eigenvalue weighted by atomic mass is 10.1. The maximum Gasteiger partial charge on any atom is 0.335 e. The Morgan fingerprint density at radius 2 is 1.86 bits per heavy atom. The monoisotopic (exact) mass is 410 g/mol. The van der Waals surface area contributed by atoms with E-state index in [0.29, 0.717) is 28.5 Å². The zero-order valence-electron chi connectivity index (χ0n) is 14.7. The van der Waals surface area contributed by atoms with Gasteiger partial charge in [-0.2, -0.15) is 14.6 Å². The minimum Gasteiger partial charge on any atom is -0.478 e. The predicted octanol–water partition coefficient (Wildman–Crippen LogP) is 1.88. The van der Waals surface area contributed by atoms with Crippen molar-refractivity contribution in [3.63, 3.8) is 0 Å². The number of carboxylic acid groups (broad SMARTS) is 1. The molecule has 2 heterocycles. The second kappa shape index (κ2) is 6.96. The zero-order valence-corrected chi connectivity index (χ0v) is 15.5. The van der Waals surface area contributed by atoms with Crippen molar-refractivity contribution in [3.05, 3.63) is 66.5 Å². The molecule has 0 saturated carbocycles. The Hall–Kier alpha value is -3.83. The number of carbonyl (C=O) groups is 1. The number of anilines is 2. The highest BCUT2D eigenvalue weighted by Gasteiger charge is 2.12. The van der Waals surface area contributed by atoms with E-state index in [2.05, 4.69) is 20.4 Å². The van der Waals surface area contributed by atoms with Gasteiger partial charge in [-0.05, 0) is 36.4 Å². The summed E-state index contributed by atoms with van der Waals surface area (Å²) in [6.07, 6.45) is 1.34. The van der Waals surface area contributed by atoms with Crippen LogP contribution in [0.2, 0.25) is 0 Å². The van der Waals surface area contributed by atoms with Crippen molar-refractivity contribution in [2.75, 3.05) is 5.32 Å². The Labute approximate surface area is 164 Å². The lowest BCUT2D eigenvalue weighted by Gasteiger charge is -2.11. The molecule has 0 radical (unpaired) electrons. The maximum atomic E-state index is 11.4. The summed E-state index contributed by atoms with van der Waals surface area (Å²) in [5.74, 6) is -0.220. The fourth-order valence-electron chi connectivity index (χ4n) is 2.74. The van der Waals surface area contributed by atoms with Crippen LogP contribution in [0.1, 0.15) is 10.4 Å². The molecule has 0 aliphatic rings. The third kappa shape index (κ3) is 3.77. The van der Waals surface area contributed by atoms with Crippen molar-refractivity contribution >= 4 is 33.3 Å². The number of fused-ring (bicyclic) bond motifs is 1. The molecule has 29 heavy (non-hydrogen) atoms. The van der Waals surface area contributed by atoms with Gasteiger partial charge in [0.25, 0.3) is 5.78 Å². The Kier molecular flexibility index (Phi) is 4.45.